The van der Waals surface area contributed by atoms with Crippen LogP contribution in [0.5, 0.6) is 0 Å². The largest absolute Gasteiger partial charge is 0.441 e. The van der Waals surface area contributed by atoms with Crippen molar-refractivity contribution >= 4 is 17.5 Å². The van der Waals surface area contributed by atoms with E-state index in [1.807, 2.05) is 45.0 Å². The monoisotopic (exact) mass is 502 g/mol. The molecule has 2 aliphatic heterocycles. The van der Waals surface area contributed by atoms with Crippen LogP contribution in [0.25, 0.3) is 11.5 Å². The summed E-state index contributed by atoms with van der Waals surface area (Å²) < 4.78 is 5.90. The van der Waals surface area contributed by atoms with Crippen molar-refractivity contribution in [2.24, 2.45) is 11.8 Å². The topological polar surface area (TPSA) is 61.6 Å². The Labute approximate surface area is 216 Å². The number of piperidine rings is 2. The number of halogens is 1. The average Bonchev–Trinajstić information content (AvgIpc) is 3.24. The number of oxazole rings is 1. The van der Waals surface area contributed by atoms with E-state index in [-0.39, 0.29) is 11.8 Å². The van der Waals surface area contributed by atoms with Gasteiger partial charge in [0.05, 0.1) is 5.69 Å². The standard InChI is InChI=1S/C26H37ClN4O2.C2H6/c1-19-5-3-13-30(17-19)14-4-12-28-25(32)21-10-15-31(16-11-21)18-24-20(2)33-26(29-24)22-6-8-23(27)9-7-22;1-2/h6-9,19,21H,3-5,10-18H2,1-2H3,(H,28,32);1-2H3/t19-;/m1./s1. The highest BCUT2D eigenvalue weighted by Crippen LogP contribution is 2.25. The number of carbonyl (C=O) groups excluding carboxylic acids is 1. The van der Waals surface area contributed by atoms with Gasteiger partial charge in [0, 0.05) is 36.1 Å². The summed E-state index contributed by atoms with van der Waals surface area (Å²) >= 11 is 5.98. The van der Waals surface area contributed by atoms with Crippen LogP contribution in [0.4, 0.5) is 0 Å². The number of hydrogen-bond donors (Lipinski definition) is 1. The molecule has 0 saturated carbocycles. The molecule has 0 aliphatic carbocycles. The number of aryl methyl sites for hydroxylation is 1. The Kier molecular flexibility index (Phi) is 11.1. The average molecular weight is 503 g/mol. The molecule has 1 aromatic heterocycles. The summed E-state index contributed by atoms with van der Waals surface area (Å²) in [6, 6.07) is 7.54. The molecule has 0 bridgehead atoms. The Bertz CT molecular complexity index is 906. The molecule has 0 spiro atoms. The number of nitrogens with zero attached hydrogens (tertiary/aromatic N) is 3. The number of likely N-dealkylation sites (tertiary alicyclic amines) is 2. The Hall–Kier alpha value is -1.89. The maximum atomic E-state index is 12.6. The minimum atomic E-state index is 0.124. The molecule has 1 aromatic carbocycles. The van der Waals surface area contributed by atoms with Gasteiger partial charge in [-0.05, 0) is 95.4 Å². The van der Waals surface area contributed by atoms with Crippen LogP contribution in [0, 0.1) is 18.8 Å². The van der Waals surface area contributed by atoms with Gasteiger partial charge in [-0.3, -0.25) is 9.69 Å². The Morgan fingerprint density at radius 3 is 2.51 bits per heavy atom. The van der Waals surface area contributed by atoms with E-state index in [1.165, 1.54) is 25.9 Å². The summed E-state index contributed by atoms with van der Waals surface area (Å²) in [5, 5.41) is 3.88. The van der Waals surface area contributed by atoms with E-state index in [2.05, 4.69) is 22.0 Å². The molecule has 0 unspecified atom stereocenters. The van der Waals surface area contributed by atoms with Gasteiger partial charge < -0.3 is 14.6 Å². The number of aromatic nitrogens is 1. The predicted octanol–water partition coefficient (Wildman–Crippen LogP) is 5.78. The highest BCUT2D eigenvalue weighted by molar-refractivity contribution is 6.30. The number of carbonyl (C=O) groups is 1. The first-order valence-electron chi connectivity index (χ1n) is 13.4. The van der Waals surface area contributed by atoms with Gasteiger partial charge in [-0.2, -0.15) is 0 Å². The Morgan fingerprint density at radius 1 is 1.11 bits per heavy atom. The Morgan fingerprint density at radius 2 is 1.83 bits per heavy atom. The molecule has 2 fully saturated rings. The second kappa shape index (κ2) is 14.0. The smallest absolute Gasteiger partial charge is 0.226 e. The van der Waals surface area contributed by atoms with Crippen LogP contribution in [0.15, 0.2) is 28.7 Å². The second-order valence-electron chi connectivity index (χ2n) is 9.77. The van der Waals surface area contributed by atoms with Crippen molar-refractivity contribution in [2.45, 2.75) is 66.3 Å². The maximum Gasteiger partial charge on any atom is 0.226 e. The highest BCUT2D eigenvalue weighted by Gasteiger charge is 2.26. The molecule has 3 heterocycles. The number of benzene rings is 1. The van der Waals surface area contributed by atoms with E-state index in [0.29, 0.717) is 10.9 Å². The van der Waals surface area contributed by atoms with Crippen LogP contribution in [0.2, 0.25) is 5.02 Å². The third-order valence-electron chi connectivity index (χ3n) is 7.01. The van der Waals surface area contributed by atoms with Gasteiger partial charge in [-0.15, -0.1) is 0 Å². The zero-order valence-corrected chi connectivity index (χ0v) is 22.7. The highest BCUT2D eigenvalue weighted by atomic mass is 35.5. The van der Waals surface area contributed by atoms with Crippen LogP contribution in [-0.4, -0.2) is 60.0 Å². The molecule has 2 saturated heterocycles. The van der Waals surface area contributed by atoms with E-state index >= 15 is 0 Å². The van der Waals surface area contributed by atoms with E-state index < -0.39 is 0 Å². The van der Waals surface area contributed by atoms with E-state index in [1.54, 1.807) is 0 Å². The van der Waals surface area contributed by atoms with Crippen LogP contribution in [-0.2, 0) is 11.3 Å². The molecule has 7 heteroatoms. The van der Waals surface area contributed by atoms with Gasteiger partial charge in [0.2, 0.25) is 11.8 Å². The molecule has 2 aliphatic rings. The first kappa shape index (κ1) is 27.7. The van der Waals surface area contributed by atoms with Gasteiger partial charge >= 0.3 is 0 Å². The molecule has 1 N–H and O–H groups in total. The fourth-order valence-electron chi connectivity index (χ4n) is 5.00. The molecule has 6 nitrogen and oxygen atoms in total. The summed E-state index contributed by atoms with van der Waals surface area (Å²) in [6.07, 6.45) is 5.50. The molecule has 0 radical (unpaired) electrons. The normalized spacial score (nSPS) is 19.7. The predicted molar refractivity (Wildman–Crippen MR) is 143 cm³/mol. The van der Waals surface area contributed by atoms with Gasteiger partial charge in [0.25, 0.3) is 0 Å². The van der Waals surface area contributed by atoms with Crippen LogP contribution >= 0.6 is 11.6 Å². The summed E-state index contributed by atoms with van der Waals surface area (Å²) in [5.74, 6) is 2.64. The lowest BCUT2D eigenvalue weighted by Crippen LogP contribution is -2.41. The van der Waals surface area contributed by atoms with E-state index in [9.17, 15) is 4.79 Å². The lowest BCUT2D eigenvalue weighted by molar-refractivity contribution is -0.126. The third-order valence-corrected chi connectivity index (χ3v) is 7.26. The van der Waals surface area contributed by atoms with Crippen LogP contribution in [0.1, 0.15) is 64.3 Å². The number of amides is 1. The van der Waals surface area contributed by atoms with Crippen molar-refractivity contribution in [1.29, 1.82) is 0 Å². The minimum absolute atomic E-state index is 0.124. The molecule has 35 heavy (non-hydrogen) atoms. The van der Waals surface area contributed by atoms with Crippen molar-refractivity contribution in [3.63, 3.8) is 0 Å². The van der Waals surface area contributed by atoms with Crippen molar-refractivity contribution in [1.82, 2.24) is 20.1 Å². The third kappa shape index (κ3) is 8.33. The number of rotatable bonds is 8. The molecule has 4 rings (SSSR count). The fourth-order valence-corrected chi connectivity index (χ4v) is 5.13. The first-order valence-corrected chi connectivity index (χ1v) is 13.8. The number of hydrogen-bond acceptors (Lipinski definition) is 5. The van der Waals surface area contributed by atoms with Gasteiger partial charge in [0.1, 0.15) is 5.76 Å². The lowest BCUT2D eigenvalue weighted by atomic mass is 9.95. The molecule has 1 amide bonds. The first-order chi connectivity index (χ1) is 17.0. The van der Waals surface area contributed by atoms with Crippen molar-refractivity contribution < 1.29 is 9.21 Å². The summed E-state index contributed by atoms with van der Waals surface area (Å²) in [6.45, 7) is 15.2. The summed E-state index contributed by atoms with van der Waals surface area (Å²) in [5.41, 5.74) is 1.90. The lowest BCUT2D eigenvalue weighted by Gasteiger charge is -2.31. The molecule has 194 valence electrons. The zero-order valence-electron chi connectivity index (χ0n) is 22.0. The van der Waals surface area contributed by atoms with Crippen molar-refractivity contribution in [2.75, 3.05) is 39.3 Å². The summed E-state index contributed by atoms with van der Waals surface area (Å²) in [4.78, 5) is 22.3. The second-order valence-corrected chi connectivity index (χ2v) is 10.2. The zero-order chi connectivity index (χ0) is 25.2. The summed E-state index contributed by atoms with van der Waals surface area (Å²) in [7, 11) is 0. The van der Waals surface area contributed by atoms with E-state index in [0.717, 1.165) is 74.9 Å². The minimum Gasteiger partial charge on any atom is -0.441 e. The Balaban J connectivity index is 0.00000167. The quantitative estimate of drug-likeness (QED) is 0.463. The molecule has 1 atom stereocenters. The van der Waals surface area contributed by atoms with Crippen LogP contribution in [0.3, 0.4) is 0 Å². The molecular weight excluding hydrogens is 460 g/mol. The maximum absolute atomic E-state index is 12.6. The van der Waals surface area contributed by atoms with E-state index in [4.69, 9.17) is 21.0 Å². The van der Waals surface area contributed by atoms with Crippen molar-refractivity contribution in [3.05, 3.63) is 40.7 Å². The molecule has 2 aromatic rings. The molecular formula is C28H43ClN4O2. The SMILES string of the molecule is CC.Cc1oc(-c2ccc(Cl)cc2)nc1CN1CCC(C(=O)NCCCN2CCC[C@@H](C)C2)CC1. The number of nitrogens with one attached hydrogen (secondary N) is 1. The van der Waals surface area contributed by atoms with Crippen LogP contribution < -0.4 is 5.32 Å². The van der Waals surface area contributed by atoms with Crippen molar-refractivity contribution in [3.8, 4) is 11.5 Å². The van der Waals surface area contributed by atoms with Gasteiger partial charge in [-0.1, -0.05) is 32.4 Å². The van der Waals surface area contributed by atoms with Gasteiger partial charge in [-0.25, -0.2) is 4.98 Å². The fraction of sp³-hybridized carbons (Fsp3) is 0.643. The van der Waals surface area contributed by atoms with Gasteiger partial charge in [0.15, 0.2) is 0 Å².